The number of hydrogen-bond acceptors (Lipinski definition) is 9. The molecule has 1 atom stereocenters. The van der Waals surface area contributed by atoms with Gasteiger partial charge in [-0.1, -0.05) is 12.1 Å². The Morgan fingerprint density at radius 2 is 1.76 bits per heavy atom. The fraction of sp³-hybridized carbons (Fsp3) is 0.393. The summed E-state index contributed by atoms with van der Waals surface area (Å²) >= 11 is 0. The average molecular weight is 503 g/mol. The highest BCUT2D eigenvalue weighted by Crippen LogP contribution is 2.37. The van der Waals surface area contributed by atoms with Crippen LogP contribution in [0.15, 0.2) is 42.6 Å². The van der Waals surface area contributed by atoms with Crippen molar-refractivity contribution >= 4 is 11.7 Å². The monoisotopic (exact) mass is 502 g/mol. The number of methoxy groups -OCH3 is 2. The second kappa shape index (κ2) is 9.89. The third-order valence-corrected chi connectivity index (χ3v) is 7.40. The number of hydrogen-bond donors (Lipinski definition) is 0. The molecule has 1 aromatic heterocycles. The Morgan fingerprint density at radius 1 is 0.946 bits per heavy atom. The molecule has 0 N–H and O–H groups in total. The summed E-state index contributed by atoms with van der Waals surface area (Å²) in [5.74, 6) is 3.80. The molecule has 9 heteroatoms. The third-order valence-electron chi connectivity index (χ3n) is 7.40. The SMILES string of the molecule is COc1ccc([C@@H]2CC(=O)c3cnc(N4CCN(Cc5ccc6c(c5)OCO6)CC4)nc3C2)cc1OC. The molecule has 192 valence electrons. The van der Waals surface area contributed by atoms with E-state index in [0.29, 0.717) is 42.6 Å². The lowest BCUT2D eigenvalue weighted by Crippen LogP contribution is -2.46. The lowest BCUT2D eigenvalue weighted by atomic mass is 9.82. The average Bonchev–Trinajstić information content (AvgIpc) is 3.41. The number of fused-ring (bicyclic) bond motifs is 2. The Kier molecular flexibility index (Phi) is 6.30. The van der Waals surface area contributed by atoms with Gasteiger partial charge in [-0.15, -0.1) is 0 Å². The molecule has 6 rings (SSSR count). The van der Waals surface area contributed by atoms with E-state index in [9.17, 15) is 4.79 Å². The van der Waals surface area contributed by atoms with Gasteiger partial charge in [0.25, 0.3) is 0 Å². The van der Waals surface area contributed by atoms with Crippen LogP contribution in [0.25, 0.3) is 0 Å². The number of aromatic nitrogens is 2. The molecule has 0 amide bonds. The molecule has 37 heavy (non-hydrogen) atoms. The predicted molar refractivity (Wildman–Crippen MR) is 137 cm³/mol. The molecule has 0 spiro atoms. The first-order valence-electron chi connectivity index (χ1n) is 12.6. The number of benzene rings is 2. The van der Waals surface area contributed by atoms with E-state index in [-0.39, 0.29) is 11.7 Å². The molecule has 0 radical (unpaired) electrons. The van der Waals surface area contributed by atoms with Crippen molar-refractivity contribution in [3.05, 3.63) is 65.0 Å². The van der Waals surface area contributed by atoms with Crippen molar-refractivity contribution in [3.8, 4) is 23.0 Å². The lowest BCUT2D eigenvalue weighted by molar-refractivity contribution is 0.0962. The highest BCUT2D eigenvalue weighted by Gasteiger charge is 2.30. The molecule has 1 fully saturated rings. The van der Waals surface area contributed by atoms with Crippen molar-refractivity contribution in [2.24, 2.45) is 0 Å². The van der Waals surface area contributed by atoms with Crippen molar-refractivity contribution < 1.29 is 23.7 Å². The minimum absolute atomic E-state index is 0.0427. The minimum atomic E-state index is 0.0427. The molecule has 0 bridgehead atoms. The number of ether oxygens (including phenoxy) is 4. The van der Waals surface area contributed by atoms with Crippen molar-refractivity contribution in [1.29, 1.82) is 0 Å². The summed E-state index contributed by atoms with van der Waals surface area (Å²) in [6, 6.07) is 12.0. The first kappa shape index (κ1) is 23.5. The van der Waals surface area contributed by atoms with Crippen LogP contribution in [0.2, 0.25) is 0 Å². The molecule has 3 aromatic rings. The van der Waals surface area contributed by atoms with Gasteiger partial charge >= 0.3 is 0 Å². The number of carbonyl (C=O) groups is 1. The van der Waals surface area contributed by atoms with Gasteiger partial charge in [0.2, 0.25) is 12.7 Å². The Hall–Kier alpha value is -3.85. The molecule has 2 aromatic carbocycles. The van der Waals surface area contributed by atoms with E-state index in [4.69, 9.17) is 23.9 Å². The number of carbonyl (C=O) groups excluding carboxylic acids is 1. The van der Waals surface area contributed by atoms with Gasteiger partial charge in [0.15, 0.2) is 28.8 Å². The lowest BCUT2D eigenvalue weighted by Gasteiger charge is -2.35. The summed E-state index contributed by atoms with van der Waals surface area (Å²) in [7, 11) is 3.24. The van der Waals surface area contributed by atoms with E-state index in [0.717, 1.165) is 55.5 Å². The number of nitrogens with zero attached hydrogens (tertiary/aromatic N) is 4. The zero-order valence-electron chi connectivity index (χ0n) is 21.1. The first-order valence-corrected chi connectivity index (χ1v) is 12.6. The predicted octanol–water partition coefficient (Wildman–Crippen LogP) is 3.46. The standard InChI is InChI=1S/C28H30N4O5/c1-34-24-6-4-19(14-26(24)35-2)20-12-22-21(23(33)13-20)15-29-28(30-22)32-9-7-31(8-10-32)16-18-3-5-25-27(11-18)37-17-36-25/h3-6,11,14-15,20H,7-10,12-13,16-17H2,1-2H3/t20-/m0/s1. The molecular formula is C28H30N4O5. The van der Waals surface area contributed by atoms with Crippen LogP contribution in [-0.4, -0.2) is 67.8 Å². The summed E-state index contributed by atoms with van der Waals surface area (Å²) < 4.78 is 21.8. The number of anilines is 1. The van der Waals surface area contributed by atoms with Gasteiger partial charge < -0.3 is 23.8 Å². The zero-order chi connectivity index (χ0) is 25.4. The Bertz CT molecular complexity index is 1320. The molecule has 1 aliphatic carbocycles. The van der Waals surface area contributed by atoms with Gasteiger partial charge in [0.1, 0.15) is 0 Å². The summed E-state index contributed by atoms with van der Waals surface area (Å²) in [5.41, 5.74) is 3.72. The molecule has 3 aliphatic rings. The minimum Gasteiger partial charge on any atom is -0.493 e. The van der Waals surface area contributed by atoms with Crippen LogP contribution in [0.4, 0.5) is 5.95 Å². The highest BCUT2D eigenvalue weighted by molar-refractivity contribution is 5.98. The van der Waals surface area contributed by atoms with Gasteiger partial charge in [-0.2, -0.15) is 0 Å². The van der Waals surface area contributed by atoms with E-state index >= 15 is 0 Å². The summed E-state index contributed by atoms with van der Waals surface area (Å²) in [6.07, 6.45) is 2.84. The van der Waals surface area contributed by atoms with Crippen molar-refractivity contribution in [1.82, 2.24) is 14.9 Å². The Balaban J connectivity index is 1.13. The largest absolute Gasteiger partial charge is 0.493 e. The van der Waals surface area contributed by atoms with Gasteiger partial charge in [-0.25, -0.2) is 9.97 Å². The summed E-state index contributed by atoms with van der Waals surface area (Å²) in [5, 5.41) is 0. The molecular weight excluding hydrogens is 472 g/mol. The molecule has 2 aliphatic heterocycles. The maximum Gasteiger partial charge on any atom is 0.231 e. The zero-order valence-corrected chi connectivity index (χ0v) is 21.1. The number of piperazine rings is 1. The van der Waals surface area contributed by atoms with E-state index in [2.05, 4.69) is 26.9 Å². The summed E-state index contributed by atoms with van der Waals surface area (Å²) in [6.45, 7) is 4.62. The Labute approximate surface area is 215 Å². The maximum atomic E-state index is 12.9. The topological polar surface area (TPSA) is 86.3 Å². The number of ketones is 1. The highest BCUT2D eigenvalue weighted by atomic mass is 16.7. The van der Waals surface area contributed by atoms with Crippen LogP contribution < -0.4 is 23.8 Å². The van der Waals surface area contributed by atoms with Crippen molar-refractivity contribution in [2.75, 3.05) is 52.1 Å². The fourth-order valence-corrected chi connectivity index (χ4v) is 5.33. The van der Waals surface area contributed by atoms with Crippen molar-refractivity contribution in [3.63, 3.8) is 0 Å². The molecule has 3 heterocycles. The van der Waals surface area contributed by atoms with Crippen LogP contribution in [0.1, 0.15) is 39.5 Å². The quantitative estimate of drug-likeness (QED) is 0.503. The second-order valence-electron chi connectivity index (χ2n) is 9.62. The van der Waals surface area contributed by atoms with Crippen LogP contribution in [0.3, 0.4) is 0 Å². The van der Waals surface area contributed by atoms with Crippen LogP contribution in [0.5, 0.6) is 23.0 Å². The third kappa shape index (κ3) is 4.67. The van der Waals surface area contributed by atoms with Crippen LogP contribution in [0, 0.1) is 0 Å². The van der Waals surface area contributed by atoms with Crippen molar-refractivity contribution in [2.45, 2.75) is 25.3 Å². The van der Waals surface area contributed by atoms with Gasteiger partial charge in [-0.05, 0) is 47.7 Å². The second-order valence-corrected chi connectivity index (χ2v) is 9.62. The molecule has 9 nitrogen and oxygen atoms in total. The van der Waals surface area contributed by atoms with E-state index in [1.165, 1.54) is 5.56 Å². The van der Waals surface area contributed by atoms with Crippen LogP contribution in [-0.2, 0) is 13.0 Å². The molecule has 0 unspecified atom stereocenters. The van der Waals surface area contributed by atoms with E-state index < -0.39 is 0 Å². The van der Waals surface area contributed by atoms with Crippen LogP contribution >= 0.6 is 0 Å². The smallest absolute Gasteiger partial charge is 0.231 e. The van der Waals surface area contributed by atoms with Gasteiger partial charge in [-0.3, -0.25) is 9.69 Å². The first-order chi connectivity index (χ1) is 18.1. The van der Waals surface area contributed by atoms with Gasteiger partial charge in [0.05, 0.1) is 25.5 Å². The Morgan fingerprint density at radius 3 is 2.57 bits per heavy atom. The number of Topliss-reactive ketones (excluding diaryl/α,β-unsaturated/α-hetero) is 1. The van der Waals surface area contributed by atoms with Gasteiger partial charge in [0, 0.05) is 45.3 Å². The van der Waals surface area contributed by atoms with E-state index in [1.54, 1.807) is 20.4 Å². The summed E-state index contributed by atoms with van der Waals surface area (Å²) in [4.78, 5) is 27.0. The molecule has 1 saturated heterocycles. The number of rotatable bonds is 6. The maximum absolute atomic E-state index is 12.9. The normalized spacial score (nSPS) is 19.0. The fourth-order valence-electron chi connectivity index (χ4n) is 5.33. The molecule has 0 saturated carbocycles. The van der Waals surface area contributed by atoms with E-state index in [1.807, 2.05) is 24.3 Å².